The van der Waals surface area contributed by atoms with Crippen LogP contribution < -0.4 is 15.5 Å². The fourth-order valence-corrected chi connectivity index (χ4v) is 4.13. The van der Waals surface area contributed by atoms with Crippen LogP contribution in [0, 0.1) is 17.7 Å². The largest absolute Gasteiger partial charge is 0.507 e. The number of hydrogen-bond acceptors (Lipinski definition) is 8. The first-order valence-electron chi connectivity index (χ1n) is 11.6. The van der Waals surface area contributed by atoms with E-state index in [0.717, 1.165) is 18.7 Å². The van der Waals surface area contributed by atoms with E-state index >= 15 is 0 Å². The summed E-state index contributed by atoms with van der Waals surface area (Å²) in [6.45, 7) is 4.61. The van der Waals surface area contributed by atoms with Crippen molar-refractivity contribution < 1.29 is 9.50 Å². The average Bonchev–Trinajstić information content (AvgIpc) is 3.02. The van der Waals surface area contributed by atoms with Gasteiger partial charge in [-0.15, -0.1) is 10.2 Å². The van der Waals surface area contributed by atoms with Gasteiger partial charge >= 0.3 is 0 Å². The normalized spacial score (nSPS) is 16.1. The molecule has 0 amide bonds. The van der Waals surface area contributed by atoms with E-state index in [0.29, 0.717) is 48.1 Å². The number of anilines is 3. The molecule has 3 aromatic rings. The monoisotopic (exact) mass is 475 g/mol. The minimum absolute atomic E-state index is 0.0909. The van der Waals surface area contributed by atoms with Crippen LogP contribution in [0.15, 0.2) is 42.6 Å². The Bertz CT molecular complexity index is 1250. The predicted octanol–water partition coefficient (Wildman–Crippen LogP) is 2.98. The molecule has 0 spiro atoms. The minimum Gasteiger partial charge on any atom is -0.507 e. The van der Waals surface area contributed by atoms with Gasteiger partial charge in [-0.3, -0.25) is 4.90 Å². The summed E-state index contributed by atoms with van der Waals surface area (Å²) in [6, 6.07) is 10.7. The van der Waals surface area contributed by atoms with Crippen molar-refractivity contribution in [2.24, 2.45) is 0 Å². The number of phenols is 1. The molecule has 3 heterocycles. The zero-order valence-electron chi connectivity index (χ0n) is 20.2. The molecule has 1 fully saturated rings. The summed E-state index contributed by atoms with van der Waals surface area (Å²) in [4.78, 5) is 10.3. The maximum absolute atomic E-state index is 14.8. The molecule has 1 atom stereocenters. The number of aromatic hydroxyl groups is 1. The molecule has 8 nitrogen and oxygen atoms in total. The number of nitrogens with zero attached hydrogens (tertiary/aromatic N) is 6. The van der Waals surface area contributed by atoms with E-state index in [1.54, 1.807) is 24.3 Å². The van der Waals surface area contributed by atoms with Crippen LogP contribution in [0.4, 0.5) is 21.6 Å². The SMILES string of the molecule is CC1CCN(c2cc(-c3ccccc3O)nnc2N)CCN1c1cc(C#CCN(C)C)ncc1F. The van der Waals surface area contributed by atoms with E-state index in [-0.39, 0.29) is 17.6 Å². The summed E-state index contributed by atoms with van der Waals surface area (Å²) in [7, 11) is 3.89. The first-order valence-corrected chi connectivity index (χ1v) is 11.6. The maximum Gasteiger partial charge on any atom is 0.169 e. The lowest BCUT2D eigenvalue weighted by Crippen LogP contribution is -2.35. The number of nitrogen functional groups attached to an aromatic ring is 1. The molecule has 182 valence electrons. The number of rotatable bonds is 4. The van der Waals surface area contributed by atoms with Gasteiger partial charge in [0.25, 0.3) is 0 Å². The standard InChI is InChI=1S/C26H30FN7O/c1-18-10-12-33(24-16-22(30-31-26(24)28)20-8-4-5-9-25(20)35)13-14-34(18)23-15-19(29-17-21(23)27)7-6-11-32(2)3/h4-5,8-9,15-18,35H,10-14H2,1-3H3,(H2,28,31). The Balaban J connectivity index is 1.58. The van der Waals surface area contributed by atoms with Gasteiger partial charge in [-0.25, -0.2) is 9.37 Å². The average molecular weight is 476 g/mol. The van der Waals surface area contributed by atoms with E-state index in [1.807, 2.05) is 31.1 Å². The van der Waals surface area contributed by atoms with Gasteiger partial charge in [0.05, 0.1) is 29.8 Å². The highest BCUT2D eigenvalue weighted by atomic mass is 19.1. The Hall–Kier alpha value is -3.90. The van der Waals surface area contributed by atoms with Gasteiger partial charge in [0.2, 0.25) is 0 Å². The fraction of sp³-hybridized carbons (Fsp3) is 0.346. The van der Waals surface area contributed by atoms with E-state index in [4.69, 9.17) is 5.73 Å². The van der Waals surface area contributed by atoms with Crippen LogP contribution in [0.3, 0.4) is 0 Å². The summed E-state index contributed by atoms with van der Waals surface area (Å²) in [5, 5.41) is 18.6. The number of phenolic OH excluding ortho intramolecular Hbond substituents is 1. The van der Waals surface area contributed by atoms with Gasteiger partial charge in [-0.1, -0.05) is 18.1 Å². The summed E-state index contributed by atoms with van der Waals surface area (Å²) in [5.74, 6) is 6.16. The summed E-state index contributed by atoms with van der Waals surface area (Å²) >= 11 is 0. The van der Waals surface area contributed by atoms with Crippen molar-refractivity contribution in [1.29, 1.82) is 0 Å². The van der Waals surface area contributed by atoms with Crippen LogP contribution in [-0.4, -0.2) is 71.5 Å². The number of pyridine rings is 1. The second-order valence-corrected chi connectivity index (χ2v) is 8.90. The quantitative estimate of drug-likeness (QED) is 0.556. The van der Waals surface area contributed by atoms with E-state index in [1.165, 1.54) is 6.20 Å². The lowest BCUT2D eigenvalue weighted by molar-refractivity contribution is 0.464. The Morgan fingerprint density at radius 1 is 1.14 bits per heavy atom. The summed E-state index contributed by atoms with van der Waals surface area (Å²) < 4.78 is 14.8. The molecule has 1 aliphatic heterocycles. The third-order valence-corrected chi connectivity index (χ3v) is 6.04. The van der Waals surface area contributed by atoms with Gasteiger partial charge in [0.15, 0.2) is 11.6 Å². The van der Waals surface area contributed by atoms with Crippen molar-refractivity contribution in [3.63, 3.8) is 0 Å². The molecular formula is C26H30FN7O. The maximum atomic E-state index is 14.8. The number of hydrogen-bond donors (Lipinski definition) is 2. The molecule has 1 aromatic carbocycles. The first kappa shape index (κ1) is 24.2. The van der Waals surface area contributed by atoms with Gasteiger partial charge in [0.1, 0.15) is 11.4 Å². The van der Waals surface area contributed by atoms with Gasteiger partial charge in [-0.2, -0.15) is 0 Å². The molecule has 0 radical (unpaired) electrons. The molecule has 1 unspecified atom stereocenters. The molecule has 0 saturated carbocycles. The zero-order valence-corrected chi connectivity index (χ0v) is 20.2. The number of aromatic nitrogens is 3. The van der Waals surface area contributed by atoms with E-state index < -0.39 is 0 Å². The fourth-order valence-electron chi connectivity index (χ4n) is 4.13. The van der Waals surface area contributed by atoms with Crippen LogP contribution in [0.5, 0.6) is 5.75 Å². The number of nitrogens with two attached hydrogens (primary N) is 1. The lowest BCUT2D eigenvalue weighted by Gasteiger charge is -2.29. The second-order valence-electron chi connectivity index (χ2n) is 8.90. The van der Waals surface area contributed by atoms with Crippen molar-refractivity contribution in [2.75, 3.05) is 55.8 Å². The Morgan fingerprint density at radius 2 is 1.94 bits per heavy atom. The lowest BCUT2D eigenvalue weighted by atomic mass is 10.1. The molecule has 0 aliphatic carbocycles. The molecule has 1 aliphatic rings. The van der Waals surface area contributed by atoms with Gasteiger partial charge in [-0.05, 0) is 57.6 Å². The van der Waals surface area contributed by atoms with Crippen LogP contribution in [0.2, 0.25) is 0 Å². The highest BCUT2D eigenvalue weighted by molar-refractivity contribution is 5.74. The van der Waals surface area contributed by atoms with Crippen molar-refractivity contribution in [2.45, 2.75) is 19.4 Å². The third-order valence-electron chi connectivity index (χ3n) is 6.04. The van der Waals surface area contributed by atoms with Gasteiger partial charge in [0, 0.05) is 31.2 Å². The Morgan fingerprint density at radius 3 is 2.71 bits per heavy atom. The zero-order chi connectivity index (χ0) is 24.9. The molecular weight excluding hydrogens is 445 g/mol. The molecule has 35 heavy (non-hydrogen) atoms. The number of para-hydroxylation sites is 1. The Labute approximate surface area is 205 Å². The van der Waals surface area contributed by atoms with Crippen LogP contribution in [-0.2, 0) is 0 Å². The van der Waals surface area contributed by atoms with Crippen LogP contribution in [0.1, 0.15) is 19.0 Å². The Kier molecular flexibility index (Phi) is 7.32. The second kappa shape index (κ2) is 10.6. The predicted molar refractivity (Wildman–Crippen MR) is 137 cm³/mol. The topological polar surface area (TPSA) is 94.6 Å². The molecule has 4 rings (SSSR count). The smallest absolute Gasteiger partial charge is 0.169 e. The molecule has 3 N–H and O–H groups in total. The van der Waals surface area contributed by atoms with E-state index in [2.05, 4.69) is 43.7 Å². The van der Waals surface area contributed by atoms with Crippen molar-refractivity contribution in [3.8, 4) is 28.8 Å². The van der Waals surface area contributed by atoms with Gasteiger partial charge < -0.3 is 20.6 Å². The molecule has 1 saturated heterocycles. The highest BCUT2D eigenvalue weighted by Gasteiger charge is 2.25. The number of benzene rings is 1. The van der Waals surface area contributed by atoms with Crippen LogP contribution in [0.25, 0.3) is 11.3 Å². The van der Waals surface area contributed by atoms with Crippen molar-refractivity contribution >= 4 is 17.2 Å². The summed E-state index contributed by atoms with van der Waals surface area (Å²) in [6.07, 6.45) is 2.03. The first-order chi connectivity index (χ1) is 16.8. The molecule has 0 bridgehead atoms. The molecule has 2 aromatic heterocycles. The van der Waals surface area contributed by atoms with Crippen molar-refractivity contribution in [1.82, 2.24) is 20.1 Å². The summed E-state index contributed by atoms with van der Waals surface area (Å²) in [5.41, 5.74) is 9.13. The van der Waals surface area contributed by atoms with Crippen LogP contribution >= 0.6 is 0 Å². The molecule has 9 heteroatoms. The highest BCUT2D eigenvalue weighted by Crippen LogP contribution is 2.32. The van der Waals surface area contributed by atoms with Crippen molar-refractivity contribution in [3.05, 3.63) is 54.1 Å². The minimum atomic E-state index is -0.365. The number of halogens is 1. The third kappa shape index (κ3) is 5.61. The van der Waals surface area contributed by atoms with E-state index in [9.17, 15) is 9.50 Å².